The molecule has 0 aliphatic heterocycles. The van der Waals surface area contributed by atoms with Crippen LogP contribution in [0, 0.1) is 0 Å². The zero-order valence-corrected chi connectivity index (χ0v) is 19.0. The van der Waals surface area contributed by atoms with Crippen LogP contribution in [0.5, 0.6) is 0 Å². The second-order valence-corrected chi connectivity index (χ2v) is 8.64. The number of aromatic nitrogens is 3. The van der Waals surface area contributed by atoms with E-state index in [0.717, 1.165) is 10.9 Å². The van der Waals surface area contributed by atoms with Crippen LogP contribution in [0.3, 0.4) is 0 Å². The number of H-pyrrole nitrogens is 1. The molecule has 0 saturated heterocycles. The molecule has 0 amide bonds. The molecule has 6 nitrogen and oxygen atoms in total. The summed E-state index contributed by atoms with van der Waals surface area (Å²) in [7, 11) is 0. The largest absolute Gasteiger partial charge is 0.323 e. The van der Waals surface area contributed by atoms with Crippen molar-refractivity contribution in [2.24, 2.45) is 5.73 Å². The first-order valence-electron chi connectivity index (χ1n) is 10.2. The minimum absolute atomic E-state index is 0.241. The van der Waals surface area contributed by atoms with Gasteiger partial charge in [0.25, 0.3) is 5.56 Å². The Morgan fingerprint density at radius 2 is 1.76 bits per heavy atom. The Balaban J connectivity index is 1.74. The van der Waals surface area contributed by atoms with Gasteiger partial charge in [0.05, 0.1) is 26.6 Å². The first-order chi connectivity index (χ1) is 15.8. The SMILES string of the molecule is C[C@H](N)c1cc2cccc(Cl)c2c(=O)n1-c1cccc(-c2ccc3[nH]c(=O)cc(Cl)c3n2)c1. The number of hydrogen-bond acceptors (Lipinski definition) is 4. The molecule has 8 heteroatoms. The highest BCUT2D eigenvalue weighted by Gasteiger charge is 2.16. The van der Waals surface area contributed by atoms with Gasteiger partial charge in [-0.05, 0) is 48.7 Å². The molecule has 164 valence electrons. The highest BCUT2D eigenvalue weighted by atomic mass is 35.5. The third kappa shape index (κ3) is 3.72. The molecule has 5 aromatic rings. The lowest BCUT2D eigenvalue weighted by atomic mass is 10.1. The highest BCUT2D eigenvalue weighted by molar-refractivity contribution is 6.35. The molecule has 3 heterocycles. The van der Waals surface area contributed by atoms with Gasteiger partial charge in [0, 0.05) is 29.1 Å². The van der Waals surface area contributed by atoms with Gasteiger partial charge < -0.3 is 10.7 Å². The fraction of sp³-hybridized carbons (Fsp3) is 0.0800. The zero-order chi connectivity index (χ0) is 23.3. The quantitative estimate of drug-likeness (QED) is 0.373. The molecule has 0 spiro atoms. The van der Waals surface area contributed by atoms with E-state index < -0.39 is 0 Å². The summed E-state index contributed by atoms with van der Waals surface area (Å²) in [5.41, 5.74) is 9.48. The smallest absolute Gasteiger partial charge is 0.264 e. The summed E-state index contributed by atoms with van der Waals surface area (Å²) in [6.45, 7) is 1.83. The number of hydrogen-bond donors (Lipinski definition) is 2. The average Bonchev–Trinajstić information content (AvgIpc) is 2.78. The van der Waals surface area contributed by atoms with Crippen LogP contribution in [0.4, 0.5) is 0 Å². The monoisotopic (exact) mass is 476 g/mol. The normalized spacial score (nSPS) is 12.4. The number of nitrogens with zero attached hydrogens (tertiary/aromatic N) is 2. The van der Waals surface area contributed by atoms with Crippen LogP contribution in [0.15, 0.2) is 76.3 Å². The number of nitrogens with one attached hydrogen (secondary N) is 1. The molecule has 0 unspecified atom stereocenters. The average molecular weight is 477 g/mol. The predicted octanol–water partition coefficient (Wildman–Crippen LogP) is 5.22. The molecule has 0 radical (unpaired) electrons. The van der Waals surface area contributed by atoms with E-state index in [-0.39, 0.29) is 22.2 Å². The third-order valence-electron chi connectivity index (χ3n) is 5.53. The molecule has 1 atom stereocenters. The van der Waals surface area contributed by atoms with E-state index in [0.29, 0.717) is 38.5 Å². The number of rotatable bonds is 3. The maximum absolute atomic E-state index is 13.5. The number of aromatic amines is 1. The minimum atomic E-state index is -0.390. The fourth-order valence-corrected chi connectivity index (χ4v) is 4.51. The number of fused-ring (bicyclic) bond motifs is 2. The molecule has 0 saturated carbocycles. The van der Waals surface area contributed by atoms with Gasteiger partial charge in [-0.25, -0.2) is 4.98 Å². The summed E-state index contributed by atoms with van der Waals surface area (Å²) < 4.78 is 1.59. The van der Waals surface area contributed by atoms with Crippen molar-refractivity contribution in [1.29, 1.82) is 0 Å². The Bertz CT molecular complexity index is 1670. The van der Waals surface area contributed by atoms with Crippen LogP contribution in [0.2, 0.25) is 10.0 Å². The van der Waals surface area contributed by atoms with E-state index in [1.807, 2.05) is 49.4 Å². The topological polar surface area (TPSA) is 93.8 Å². The van der Waals surface area contributed by atoms with E-state index in [4.69, 9.17) is 28.9 Å². The number of pyridine rings is 3. The van der Waals surface area contributed by atoms with Crippen molar-refractivity contribution in [1.82, 2.24) is 14.5 Å². The van der Waals surface area contributed by atoms with Crippen molar-refractivity contribution in [3.8, 4) is 16.9 Å². The van der Waals surface area contributed by atoms with Crippen molar-refractivity contribution >= 4 is 45.0 Å². The first-order valence-corrected chi connectivity index (χ1v) is 11.0. The van der Waals surface area contributed by atoms with Crippen molar-refractivity contribution in [3.63, 3.8) is 0 Å². The summed E-state index contributed by atoms with van der Waals surface area (Å²) in [4.78, 5) is 32.6. The molecule has 5 rings (SSSR count). The Morgan fingerprint density at radius 3 is 2.55 bits per heavy atom. The summed E-state index contributed by atoms with van der Waals surface area (Å²) in [5, 5.41) is 1.84. The molecule has 3 N–H and O–H groups in total. The number of halogens is 2. The minimum Gasteiger partial charge on any atom is -0.323 e. The van der Waals surface area contributed by atoms with Crippen molar-refractivity contribution < 1.29 is 0 Å². The van der Waals surface area contributed by atoms with Gasteiger partial charge in [0.15, 0.2) is 0 Å². The standard InChI is InChI=1S/C25H18Cl2N4O2/c1-13(28)21-11-15-5-3-7-17(26)23(15)25(33)31(21)16-6-2-4-14(10-16)19-8-9-20-24(30-19)18(27)12-22(32)29-20/h2-13H,28H2,1H3,(H,29,32)/t13-/m0/s1. The summed E-state index contributed by atoms with van der Waals surface area (Å²) in [6.07, 6.45) is 0. The van der Waals surface area contributed by atoms with Gasteiger partial charge in [-0.2, -0.15) is 0 Å². The molecule has 0 aliphatic carbocycles. The maximum atomic E-state index is 13.5. The lowest BCUT2D eigenvalue weighted by molar-refractivity contribution is 0.734. The van der Waals surface area contributed by atoms with Gasteiger partial charge in [-0.3, -0.25) is 14.2 Å². The molecule has 33 heavy (non-hydrogen) atoms. The van der Waals surface area contributed by atoms with Gasteiger partial charge in [0.1, 0.15) is 5.52 Å². The molecule has 0 aliphatic rings. The summed E-state index contributed by atoms with van der Waals surface area (Å²) >= 11 is 12.6. The predicted molar refractivity (Wildman–Crippen MR) is 134 cm³/mol. The molecule has 3 aromatic heterocycles. The molecule has 0 fully saturated rings. The second-order valence-electron chi connectivity index (χ2n) is 7.83. The highest BCUT2D eigenvalue weighted by Crippen LogP contribution is 2.28. The maximum Gasteiger partial charge on any atom is 0.264 e. The first kappa shape index (κ1) is 21.4. The van der Waals surface area contributed by atoms with Crippen LogP contribution in [-0.2, 0) is 0 Å². The van der Waals surface area contributed by atoms with E-state index >= 15 is 0 Å². The van der Waals surface area contributed by atoms with Crippen LogP contribution in [0.1, 0.15) is 18.7 Å². The van der Waals surface area contributed by atoms with Crippen molar-refractivity contribution in [2.45, 2.75) is 13.0 Å². The van der Waals surface area contributed by atoms with Crippen LogP contribution < -0.4 is 16.9 Å². The van der Waals surface area contributed by atoms with Gasteiger partial charge >= 0.3 is 0 Å². The molecular weight excluding hydrogens is 459 g/mol. The Labute approximate surface area is 198 Å². The van der Waals surface area contributed by atoms with Gasteiger partial charge in [0.2, 0.25) is 5.56 Å². The second kappa shape index (κ2) is 8.15. The van der Waals surface area contributed by atoms with E-state index in [2.05, 4.69) is 9.97 Å². The Hall–Kier alpha value is -3.45. The van der Waals surface area contributed by atoms with Crippen LogP contribution >= 0.6 is 23.2 Å². The molecule has 0 bridgehead atoms. The Morgan fingerprint density at radius 1 is 0.970 bits per heavy atom. The summed E-state index contributed by atoms with van der Waals surface area (Å²) in [6, 6.07) is 19.1. The van der Waals surface area contributed by atoms with Crippen molar-refractivity contribution in [3.05, 3.63) is 103 Å². The van der Waals surface area contributed by atoms with Crippen LogP contribution in [-0.4, -0.2) is 14.5 Å². The fourth-order valence-electron chi connectivity index (χ4n) is 4.00. The molecular formula is C25H18Cl2N4O2. The Kier molecular flexibility index (Phi) is 5.29. The van der Waals surface area contributed by atoms with Gasteiger partial charge in [-0.1, -0.05) is 47.5 Å². The van der Waals surface area contributed by atoms with E-state index in [1.165, 1.54) is 6.07 Å². The lowest BCUT2D eigenvalue weighted by Gasteiger charge is -2.18. The number of benzene rings is 2. The zero-order valence-electron chi connectivity index (χ0n) is 17.5. The van der Waals surface area contributed by atoms with E-state index in [1.54, 1.807) is 22.8 Å². The molecule has 2 aromatic carbocycles. The summed E-state index contributed by atoms with van der Waals surface area (Å²) in [5.74, 6) is 0. The third-order valence-corrected chi connectivity index (χ3v) is 6.13. The van der Waals surface area contributed by atoms with E-state index in [9.17, 15) is 9.59 Å². The lowest BCUT2D eigenvalue weighted by Crippen LogP contribution is -2.25. The van der Waals surface area contributed by atoms with Crippen molar-refractivity contribution in [2.75, 3.05) is 0 Å². The van der Waals surface area contributed by atoms with Gasteiger partial charge in [-0.15, -0.1) is 0 Å². The van der Waals surface area contributed by atoms with Crippen LogP contribution in [0.25, 0.3) is 38.8 Å². The number of nitrogens with two attached hydrogens (primary N) is 1.